The number of carbonyl (C=O) groups excluding carboxylic acids is 2. The van der Waals surface area contributed by atoms with Crippen molar-refractivity contribution in [2.75, 3.05) is 36.4 Å². The zero-order valence-corrected chi connectivity index (χ0v) is 17.7. The van der Waals surface area contributed by atoms with Crippen LogP contribution in [-0.4, -0.2) is 54.2 Å². The molecule has 0 spiro atoms. The van der Waals surface area contributed by atoms with Gasteiger partial charge in [0, 0.05) is 31.9 Å². The second-order valence-corrected chi connectivity index (χ2v) is 8.09. The normalized spacial score (nSPS) is 14.4. The molecule has 2 amide bonds. The molecule has 2 N–H and O–H groups in total. The third-order valence-corrected chi connectivity index (χ3v) is 5.70. The fourth-order valence-electron chi connectivity index (χ4n) is 2.91. The molecule has 1 aliphatic rings. The third kappa shape index (κ3) is 5.41. The first-order valence-corrected chi connectivity index (χ1v) is 10.4. The summed E-state index contributed by atoms with van der Waals surface area (Å²) < 4.78 is 37.7. The summed E-state index contributed by atoms with van der Waals surface area (Å²) in [7, 11) is 0. The summed E-state index contributed by atoms with van der Waals surface area (Å²) >= 11 is 12.8. The van der Waals surface area contributed by atoms with E-state index in [1.54, 1.807) is 35.7 Å². The van der Waals surface area contributed by atoms with Gasteiger partial charge in [0.2, 0.25) is 0 Å². The van der Waals surface area contributed by atoms with Crippen molar-refractivity contribution >= 4 is 63.5 Å². The molecule has 1 aromatic carbocycles. The molecule has 1 aliphatic heterocycles. The smallest absolute Gasteiger partial charge is 0.367 e. The van der Waals surface area contributed by atoms with Crippen LogP contribution in [0.1, 0.15) is 9.67 Å². The van der Waals surface area contributed by atoms with Gasteiger partial charge in [0.15, 0.2) is 5.11 Å². The predicted octanol–water partition coefficient (Wildman–Crippen LogP) is 3.74. The average molecular weight is 477 g/mol. The lowest BCUT2D eigenvalue weighted by atomic mass is 10.2. The highest BCUT2D eigenvalue weighted by Crippen LogP contribution is 2.30. The highest BCUT2D eigenvalue weighted by Gasteiger charge is 2.43. The number of anilines is 2. The summed E-state index contributed by atoms with van der Waals surface area (Å²) in [5, 5.41) is 7.68. The van der Waals surface area contributed by atoms with Crippen LogP contribution in [0.2, 0.25) is 5.02 Å². The lowest BCUT2D eigenvalue weighted by molar-refractivity contribution is -0.185. The van der Waals surface area contributed by atoms with Crippen LogP contribution in [0.4, 0.5) is 24.5 Å². The van der Waals surface area contributed by atoms with Gasteiger partial charge >= 0.3 is 12.1 Å². The molecule has 0 bridgehead atoms. The number of thiophene rings is 1. The van der Waals surface area contributed by atoms with Crippen molar-refractivity contribution in [2.24, 2.45) is 0 Å². The molecule has 2 aromatic rings. The first kappa shape index (κ1) is 22.3. The number of benzene rings is 1. The number of rotatable bonds is 3. The van der Waals surface area contributed by atoms with E-state index in [9.17, 15) is 22.8 Å². The molecular formula is C18H16ClF3N4O2S2. The van der Waals surface area contributed by atoms with Gasteiger partial charge in [0.25, 0.3) is 5.91 Å². The van der Waals surface area contributed by atoms with E-state index in [1.165, 1.54) is 11.3 Å². The number of carbonyl (C=O) groups is 2. The Labute approximate surface area is 184 Å². The summed E-state index contributed by atoms with van der Waals surface area (Å²) in [5.74, 6) is -2.15. The molecule has 0 saturated carbocycles. The van der Waals surface area contributed by atoms with E-state index in [0.29, 0.717) is 21.3 Å². The molecule has 0 aliphatic carbocycles. The second kappa shape index (κ2) is 9.19. The van der Waals surface area contributed by atoms with Crippen LogP contribution in [0.25, 0.3) is 0 Å². The van der Waals surface area contributed by atoms with E-state index in [4.69, 9.17) is 23.8 Å². The zero-order valence-electron chi connectivity index (χ0n) is 15.3. The summed E-state index contributed by atoms with van der Waals surface area (Å²) in [6, 6.07) is 8.44. The number of alkyl halides is 3. The van der Waals surface area contributed by atoms with Crippen molar-refractivity contribution in [1.29, 1.82) is 0 Å². The first-order chi connectivity index (χ1) is 14.1. The van der Waals surface area contributed by atoms with Crippen molar-refractivity contribution in [3.8, 4) is 0 Å². The van der Waals surface area contributed by atoms with Crippen LogP contribution in [-0.2, 0) is 4.79 Å². The van der Waals surface area contributed by atoms with Crippen molar-refractivity contribution < 1.29 is 22.8 Å². The van der Waals surface area contributed by atoms with Gasteiger partial charge in [-0.2, -0.15) is 13.2 Å². The van der Waals surface area contributed by atoms with Crippen LogP contribution >= 0.6 is 35.2 Å². The molecule has 2 heterocycles. The number of hydrogen-bond acceptors (Lipinski definition) is 5. The van der Waals surface area contributed by atoms with Gasteiger partial charge in [-0.05, 0) is 41.9 Å². The van der Waals surface area contributed by atoms with Gasteiger partial charge in [-0.15, -0.1) is 11.3 Å². The maximum Gasteiger partial charge on any atom is 0.471 e. The maximum atomic E-state index is 12.6. The van der Waals surface area contributed by atoms with Crippen molar-refractivity contribution in [3.05, 3.63) is 45.6 Å². The molecular weight excluding hydrogens is 461 g/mol. The largest absolute Gasteiger partial charge is 0.471 e. The number of nitrogens with one attached hydrogen (secondary N) is 2. The second-order valence-electron chi connectivity index (χ2n) is 6.33. The van der Waals surface area contributed by atoms with E-state index < -0.39 is 12.1 Å². The number of amides is 2. The molecule has 1 aromatic heterocycles. The third-order valence-electron chi connectivity index (χ3n) is 4.33. The fraction of sp³-hybridized carbons (Fsp3) is 0.278. The number of halogens is 4. The number of nitrogens with zero attached hydrogens (tertiary/aromatic N) is 2. The topological polar surface area (TPSA) is 64.7 Å². The van der Waals surface area contributed by atoms with Crippen LogP contribution in [0.5, 0.6) is 0 Å². The summed E-state index contributed by atoms with van der Waals surface area (Å²) in [6.07, 6.45) is -4.87. The van der Waals surface area contributed by atoms with E-state index in [2.05, 4.69) is 10.6 Å². The molecule has 6 nitrogen and oxygen atoms in total. The zero-order chi connectivity index (χ0) is 21.9. The lowest BCUT2D eigenvalue weighted by Crippen LogP contribution is -2.52. The standard InChI is InChI=1S/C18H16ClF3N4O2S2/c19-12-10-11(23-17(29)24-15(27)14-2-1-9-30-14)3-4-13(12)25-5-7-26(8-6-25)16(28)18(20,21)22/h1-4,9-10H,5-8H2,(H2,23,24,27,29). The van der Waals surface area contributed by atoms with Crippen LogP contribution in [0.3, 0.4) is 0 Å². The Hall–Kier alpha value is -2.37. The SMILES string of the molecule is O=C(NC(=S)Nc1ccc(N2CCN(C(=O)C(F)(F)F)CC2)c(Cl)c1)c1cccs1. The Bertz CT molecular complexity index is 945. The van der Waals surface area contributed by atoms with Crippen molar-refractivity contribution in [3.63, 3.8) is 0 Å². The van der Waals surface area contributed by atoms with Gasteiger partial charge in [0.1, 0.15) is 0 Å². The van der Waals surface area contributed by atoms with Crippen LogP contribution < -0.4 is 15.5 Å². The van der Waals surface area contributed by atoms with Crippen molar-refractivity contribution in [1.82, 2.24) is 10.2 Å². The van der Waals surface area contributed by atoms with Gasteiger partial charge < -0.3 is 15.1 Å². The Morgan fingerprint density at radius 2 is 1.83 bits per heavy atom. The van der Waals surface area contributed by atoms with E-state index >= 15 is 0 Å². The molecule has 12 heteroatoms. The van der Waals surface area contributed by atoms with Gasteiger partial charge in [0.05, 0.1) is 15.6 Å². The first-order valence-electron chi connectivity index (χ1n) is 8.71. The summed E-state index contributed by atoms with van der Waals surface area (Å²) in [5.41, 5.74) is 1.18. The highest BCUT2D eigenvalue weighted by atomic mass is 35.5. The Kier molecular flexibility index (Phi) is 6.84. The van der Waals surface area contributed by atoms with Crippen molar-refractivity contribution in [2.45, 2.75) is 6.18 Å². The molecule has 3 rings (SSSR count). The number of piperazine rings is 1. The molecule has 160 valence electrons. The monoisotopic (exact) mass is 476 g/mol. The minimum atomic E-state index is -4.87. The van der Waals surface area contributed by atoms with Gasteiger partial charge in [-0.25, -0.2) is 0 Å². The summed E-state index contributed by atoms with van der Waals surface area (Å²) in [6.45, 7) is 0.355. The molecule has 0 unspecified atom stereocenters. The Balaban J connectivity index is 1.57. The Morgan fingerprint density at radius 1 is 1.13 bits per heavy atom. The number of thiocarbonyl (C=S) groups is 1. The lowest BCUT2D eigenvalue weighted by Gasteiger charge is -2.36. The fourth-order valence-corrected chi connectivity index (χ4v) is 4.04. The molecule has 0 atom stereocenters. The van der Waals surface area contributed by atoms with E-state index in [-0.39, 0.29) is 37.2 Å². The number of hydrogen-bond donors (Lipinski definition) is 2. The molecule has 30 heavy (non-hydrogen) atoms. The van der Waals surface area contributed by atoms with Crippen LogP contribution in [0.15, 0.2) is 35.7 Å². The quantitative estimate of drug-likeness (QED) is 0.661. The molecule has 0 radical (unpaired) electrons. The van der Waals surface area contributed by atoms with E-state index in [0.717, 1.165) is 4.90 Å². The Morgan fingerprint density at radius 3 is 2.40 bits per heavy atom. The average Bonchev–Trinajstić information content (AvgIpc) is 3.22. The summed E-state index contributed by atoms with van der Waals surface area (Å²) in [4.78, 5) is 26.5. The molecule has 1 fully saturated rings. The van der Waals surface area contributed by atoms with Crippen LogP contribution in [0, 0.1) is 0 Å². The van der Waals surface area contributed by atoms with E-state index in [1.807, 2.05) is 4.90 Å². The van der Waals surface area contributed by atoms with Gasteiger partial charge in [-0.1, -0.05) is 17.7 Å². The minimum Gasteiger partial charge on any atom is -0.367 e. The predicted molar refractivity (Wildman–Crippen MR) is 114 cm³/mol. The van der Waals surface area contributed by atoms with Gasteiger partial charge in [-0.3, -0.25) is 14.9 Å². The maximum absolute atomic E-state index is 12.6. The highest BCUT2D eigenvalue weighted by molar-refractivity contribution is 7.80. The molecule has 1 saturated heterocycles. The minimum absolute atomic E-state index is 0.0481.